The van der Waals surface area contributed by atoms with Gasteiger partial charge < -0.3 is 5.32 Å². The van der Waals surface area contributed by atoms with E-state index in [1.54, 1.807) is 0 Å². The Morgan fingerprint density at radius 1 is 1.27 bits per heavy atom. The molecule has 1 aromatic rings. The SMILES string of the molecule is c1ccc(CCNCC2CCCS2)cc1. The first-order valence-electron chi connectivity index (χ1n) is 5.81. The molecule has 0 aromatic heterocycles. The summed E-state index contributed by atoms with van der Waals surface area (Å²) >= 11 is 2.13. The van der Waals surface area contributed by atoms with Crippen LogP contribution >= 0.6 is 11.8 Å². The first-order chi connectivity index (χ1) is 7.45. The summed E-state index contributed by atoms with van der Waals surface area (Å²) < 4.78 is 0. The van der Waals surface area contributed by atoms with Gasteiger partial charge in [0.25, 0.3) is 0 Å². The highest BCUT2D eigenvalue weighted by atomic mass is 32.2. The highest BCUT2D eigenvalue weighted by Crippen LogP contribution is 2.25. The van der Waals surface area contributed by atoms with Gasteiger partial charge in [0.05, 0.1) is 0 Å². The van der Waals surface area contributed by atoms with Crippen molar-refractivity contribution in [1.82, 2.24) is 5.32 Å². The van der Waals surface area contributed by atoms with Crippen molar-refractivity contribution in [3.8, 4) is 0 Å². The maximum absolute atomic E-state index is 3.55. The Labute approximate surface area is 96.7 Å². The molecule has 0 radical (unpaired) electrons. The fourth-order valence-corrected chi connectivity index (χ4v) is 3.18. The molecule has 1 aromatic carbocycles. The summed E-state index contributed by atoms with van der Waals surface area (Å²) in [6, 6.07) is 10.7. The predicted molar refractivity (Wildman–Crippen MR) is 68.5 cm³/mol. The average Bonchev–Trinajstić information content (AvgIpc) is 2.79. The zero-order valence-electron chi connectivity index (χ0n) is 9.11. The second-order valence-corrected chi connectivity index (χ2v) is 5.48. The summed E-state index contributed by atoms with van der Waals surface area (Å²) in [4.78, 5) is 0. The molecule has 1 N–H and O–H groups in total. The van der Waals surface area contributed by atoms with Crippen LogP contribution in [0.5, 0.6) is 0 Å². The molecule has 2 heteroatoms. The van der Waals surface area contributed by atoms with Gasteiger partial charge in [-0.2, -0.15) is 11.8 Å². The van der Waals surface area contributed by atoms with Crippen molar-refractivity contribution >= 4 is 11.8 Å². The van der Waals surface area contributed by atoms with E-state index in [9.17, 15) is 0 Å². The normalized spacial score (nSPS) is 20.7. The Morgan fingerprint density at radius 3 is 2.87 bits per heavy atom. The molecule has 1 nitrogen and oxygen atoms in total. The Kier molecular flexibility index (Phi) is 4.55. The van der Waals surface area contributed by atoms with Gasteiger partial charge >= 0.3 is 0 Å². The van der Waals surface area contributed by atoms with E-state index >= 15 is 0 Å². The summed E-state index contributed by atoms with van der Waals surface area (Å²) in [5, 5.41) is 4.43. The van der Waals surface area contributed by atoms with Crippen molar-refractivity contribution in [2.45, 2.75) is 24.5 Å². The molecule has 1 unspecified atom stereocenters. The average molecular weight is 221 g/mol. The summed E-state index contributed by atoms with van der Waals surface area (Å²) in [6.07, 6.45) is 3.97. The van der Waals surface area contributed by atoms with Crippen LogP contribution in [0.2, 0.25) is 0 Å². The molecule has 1 atom stereocenters. The van der Waals surface area contributed by atoms with Crippen LogP contribution in [-0.2, 0) is 6.42 Å². The van der Waals surface area contributed by atoms with E-state index in [1.807, 2.05) is 0 Å². The molecule has 1 saturated heterocycles. The van der Waals surface area contributed by atoms with Gasteiger partial charge in [0, 0.05) is 11.8 Å². The molecule has 0 aliphatic carbocycles. The maximum atomic E-state index is 3.55. The lowest BCUT2D eigenvalue weighted by atomic mass is 10.1. The molecular formula is C13H19NS. The monoisotopic (exact) mass is 221 g/mol. The van der Waals surface area contributed by atoms with Gasteiger partial charge in [0.15, 0.2) is 0 Å². The Hall–Kier alpha value is -0.470. The van der Waals surface area contributed by atoms with Gasteiger partial charge in [-0.3, -0.25) is 0 Å². The summed E-state index contributed by atoms with van der Waals surface area (Å²) in [5.74, 6) is 1.37. The highest BCUT2D eigenvalue weighted by molar-refractivity contribution is 8.00. The lowest BCUT2D eigenvalue weighted by molar-refractivity contribution is 0.644. The van der Waals surface area contributed by atoms with Crippen LogP contribution < -0.4 is 5.32 Å². The zero-order chi connectivity index (χ0) is 10.3. The maximum Gasteiger partial charge on any atom is 0.0172 e. The van der Waals surface area contributed by atoms with Crippen LogP contribution in [0.4, 0.5) is 0 Å². The quantitative estimate of drug-likeness (QED) is 0.767. The van der Waals surface area contributed by atoms with E-state index in [2.05, 4.69) is 47.4 Å². The largest absolute Gasteiger partial charge is 0.315 e. The minimum atomic E-state index is 0.876. The smallest absolute Gasteiger partial charge is 0.0172 e. The molecular weight excluding hydrogens is 202 g/mol. The molecule has 1 aliphatic heterocycles. The fourth-order valence-electron chi connectivity index (χ4n) is 1.95. The van der Waals surface area contributed by atoms with Crippen LogP contribution in [0.1, 0.15) is 18.4 Å². The van der Waals surface area contributed by atoms with E-state index in [4.69, 9.17) is 0 Å². The number of benzene rings is 1. The van der Waals surface area contributed by atoms with Crippen molar-refractivity contribution in [2.24, 2.45) is 0 Å². The van der Waals surface area contributed by atoms with Crippen molar-refractivity contribution in [1.29, 1.82) is 0 Å². The van der Waals surface area contributed by atoms with Gasteiger partial charge in [-0.1, -0.05) is 30.3 Å². The topological polar surface area (TPSA) is 12.0 Å². The van der Waals surface area contributed by atoms with Gasteiger partial charge in [-0.05, 0) is 37.1 Å². The van der Waals surface area contributed by atoms with Crippen LogP contribution in [0.3, 0.4) is 0 Å². The second kappa shape index (κ2) is 6.19. The fraction of sp³-hybridized carbons (Fsp3) is 0.538. The molecule has 15 heavy (non-hydrogen) atoms. The van der Waals surface area contributed by atoms with E-state index in [-0.39, 0.29) is 0 Å². The Bertz CT molecular complexity index is 267. The van der Waals surface area contributed by atoms with Crippen molar-refractivity contribution in [2.75, 3.05) is 18.8 Å². The molecule has 2 rings (SSSR count). The third kappa shape index (κ3) is 3.88. The van der Waals surface area contributed by atoms with E-state index in [1.165, 1.54) is 30.7 Å². The van der Waals surface area contributed by atoms with Crippen molar-refractivity contribution in [3.05, 3.63) is 35.9 Å². The summed E-state index contributed by atoms with van der Waals surface area (Å²) in [5.41, 5.74) is 1.43. The number of thioether (sulfide) groups is 1. The van der Waals surface area contributed by atoms with Gasteiger partial charge in [-0.15, -0.1) is 0 Å². The number of hydrogen-bond donors (Lipinski definition) is 1. The molecule has 0 spiro atoms. The lowest BCUT2D eigenvalue weighted by Crippen LogP contribution is -2.25. The second-order valence-electron chi connectivity index (χ2n) is 4.07. The van der Waals surface area contributed by atoms with E-state index < -0.39 is 0 Å². The molecule has 1 aliphatic rings. The Balaban J connectivity index is 1.59. The number of nitrogens with one attached hydrogen (secondary N) is 1. The first kappa shape index (κ1) is 11.0. The van der Waals surface area contributed by atoms with Crippen LogP contribution in [0.15, 0.2) is 30.3 Å². The third-order valence-electron chi connectivity index (χ3n) is 2.83. The van der Waals surface area contributed by atoms with Gasteiger partial charge in [0.2, 0.25) is 0 Å². The number of rotatable bonds is 5. The molecule has 0 saturated carbocycles. The summed E-state index contributed by atoms with van der Waals surface area (Å²) in [6.45, 7) is 2.30. The zero-order valence-corrected chi connectivity index (χ0v) is 9.93. The predicted octanol–water partition coefficient (Wildman–Crippen LogP) is 2.71. The van der Waals surface area contributed by atoms with Crippen LogP contribution in [-0.4, -0.2) is 24.1 Å². The van der Waals surface area contributed by atoms with Crippen molar-refractivity contribution in [3.63, 3.8) is 0 Å². The molecule has 0 bridgehead atoms. The van der Waals surface area contributed by atoms with E-state index in [0.717, 1.165) is 18.2 Å². The standard InChI is InChI=1S/C13H19NS/c1-2-5-12(6-3-1)8-9-14-11-13-7-4-10-15-13/h1-3,5-6,13-14H,4,7-11H2. The first-order valence-corrected chi connectivity index (χ1v) is 6.86. The minimum Gasteiger partial charge on any atom is -0.315 e. The van der Waals surface area contributed by atoms with Gasteiger partial charge in [-0.25, -0.2) is 0 Å². The molecule has 1 heterocycles. The van der Waals surface area contributed by atoms with Gasteiger partial charge in [0.1, 0.15) is 0 Å². The van der Waals surface area contributed by atoms with Crippen molar-refractivity contribution < 1.29 is 0 Å². The highest BCUT2D eigenvalue weighted by Gasteiger charge is 2.14. The summed E-state index contributed by atoms with van der Waals surface area (Å²) in [7, 11) is 0. The molecule has 82 valence electrons. The minimum absolute atomic E-state index is 0.876. The molecule has 0 amide bonds. The lowest BCUT2D eigenvalue weighted by Gasteiger charge is -2.09. The Morgan fingerprint density at radius 2 is 2.13 bits per heavy atom. The van der Waals surface area contributed by atoms with Crippen LogP contribution in [0.25, 0.3) is 0 Å². The molecule has 1 fully saturated rings. The number of hydrogen-bond acceptors (Lipinski definition) is 2. The van der Waals surface area contributed by atoms with E-state index in [0.29, 0.717) is 0 Å². The van der Waals surface area contributed by atoms with Crippen LogP contribution in [0, 0.1) is 0 Å². The third-order valence-corrected chi connectivity index (χ3v) is 4.23.